The molecule has 0 atom stereocenters. The Morgan fingerprint density at radius 2 is 1.92 bits per heavy atom. The van der Waals surface area contributed by atoms with Crippen molar-refractivity contribution in [2.75, 3.05) is 25.0 Å². The molecule has 3 heterocycles. The number of piperidine rings is 1. The molecule has 0 saturated carbocycles. The highest BCUT2D eigenvalue weighted by molar-refractivity contribution is 5.92. The number of carbonyl (C=O) groups excluding carboxylic acids is 1. The van der Waals surface area contributed by atoms with Crippen LogP contribution in [0.25, 0.3) is 0 Å². The molecule has 0 aromatic carbocycles. The van der Waals surface area contributed by atoms with Gasteiger partial charge in [0.05, 0.1) is 11.9 Å². The Kier molecular flexibility index (Phi) is 4.84. The highest BCUT2D eigenvalue weighted by Crippen LogP contribution is 2.29. The average molecular weight is 340 g/mol. The molecule has 25 heavy (non-hydrogen) atoms. The van der Waals surface area contributed by atoms with Crippen LogP contribution in [-0.2, 0) is 5.41 Å². The summed E-state index contributed by atoms with van der Waals surface area (Å²) >= 11 is 0. The molecular weight excluding hydrogens is 312 g/mol. The summed E-state index contributed by atoms with van der Waals surface area (Å²) in [5.74, 6) is -0.146. The van der Waals surface area contributed by atoms with Crippen LogP contribution in [-0.4, -0.2) is 35.6 Å². The topological polar surface area (TPSA) is 50.2 Å². The van der Waals surface area contributed by atoms with E-state index >= 15 is 0 Å². The molecule has 0 bridgehead atoms. The minimum Gasteiger partial charge on any atom is -0.370 e. The number of anilines is 1. The monoisotopic (exact) mass is 340 g/mol. The number of pyridine rings is 1. The van der Waals surface area contributed by atoms with Crippen molar-refractivity contribution >= 4 is 11.6 Å². The lowest BCUT2D eigenvalue weighted by Crippen LogP contribution is -2.34. The Morgan fingerprint density at radius 3 is 2.44 bits per heavy atom. The number of hydrogen-bond donors (Lipinski definition) is 1. The van der Waals surface area contributed by atoms with Crippen LogP contribution in [0.1, 0.15) is 55.7 Å². The molecule has 1 fully saturated rings. The molecule has 1 aliphatic rings. The van der Waals surface area contributed by atoms with Crippen LogP contribution < -0.4 is 10.2 Å². The average Bonchev–Trinajstić information content (AvgIpc) is 3.12. The van der Waals surface area contributed by atoms with Gasteiger partial charge in [-0.1, -0.05) is 20.8 Å². The van der Waals surface area contributed by atoms with Crippen molar-refractivity contribution < 1.29 is 4.79 Å². The van der Waals surface area contributed by atoms with Crippen LogP contribution in [0, 0.1) is 0 Å². The molecule has 3 rings (SSSR count). The van der Waals surface area contributed by atoms with Crippen LogP contribution in [0.3, 0.4) is 0 Å². The van der Waals surface area contributed by atoms with E-state index in [9.17, 15) is 4.79 Å². The second kappa shape index (κ2) is 6.90. The number of hydrogen-bond acceptors (Lipinski definition) is 3. The molecule has 1 amide bonds. The van der Waals surface area contributed by atoms with Gasteiger partial charge in [-0.05, 0) is 42.0 Å². The Balaban J connectivity index is 1.62. The summed E-state index contributed by atoms with van der Waals surface area (Å²) in [6.45, 7) is 8.78. The molecule has 2 aromatic heterocycles. The molecule has 1 N–H and O–H groups in total. The third-order valence-corrected chi connectivity index (χ3v) is 5.04. The Hall–Kier alpha value is -2.30. The molecule has 2 aromatic rings. The molecule has 1 saturated heterocycles. The van der Waals surface area contributed by atoms with E-state index in [1.165, 1.54) is 5.56 Å². The summed E-state index contributed by atoms with van der Waals surface area (Å²) in [4.78, 5) is 18.2. The molecule has 5 heteroatoms. The van der Waals surface area contributed by atoms with Gasteiger partial charge in [-0.25, -0.2) is 4.98 Å². The standard InChI is InChI=1S/C20H28N4O/c1-20(2,3)15-7-10-24(14-15)16-8-11-23(12-9-16)17-5-6-18(22-13-17)19(25)21-4/h5-7,10,13-14,16H,8-9,11-12H2,1-4H3,(H,21,25). The van der Waals surface area contributed by atoms with Crippen molar-refractivity contribution in [3.8, 4) is 0 Å². The summed E-state index contributed by atoms with van der Waals surface area (Å²) in [6, 6.07) is 6.59. The second-order valence-electron chi connectivity index (χ2n) is 7.80. The van der Waals surface area contributed by atoms with Crippen LogP contribution in [0.5, 0.6) is 0 Å². The minimum atomic E-state index is -0.146. The van der Waals surface area contributed by atoms with Gasteiger partial charge in [-0.2, -0.15) is 0 Å². The highest BCUT2D eigenvalue weighted by Gasteiger charge is 2.22. The Morgan fingerprint density at radius 1 is 1.20 bits per heavy atom. The first-order chi connectivity index (χ1) is 11.9. The van der Waals surface area contributed by atoms with Crippen LogP contribution in [0.2, 0.25) is 0 Å². The van der Waals surface area contributed by atoms with Crippen molar-refractivity contribution in [2.45, 2.75) is 45.1 Å². The largest absolute Gasteiger partial charge is 0.370 e. The maximum atomic E-state index is 11.6. The van der Waals surface area contributed by atoms with E-state index in [0.29, 0.717) is 11.7 Å². The number of aromatic nitrogens is 2. The van der Waals surface area contributed by atoms with Crippen molar-refractivity contribution in [2.24, 2.45) is 0 Å². The molecule has 1 aliphatic heterocycles. The molecule has 0 unspecified atom stereocenters. The zero-order valence-electron chi connectivity index (χ0n) is 15.6. The van der Waals surface area contributed by atoms with E-state index in [2.05, 4.69) is 59.0 Å². The summed E-state index contributed by atoms with van der Waals surface area (Å²) in [6.07, 6.45) is 8.57. The van der Waals surface area contributed by atoms with E-state index in [4.69, 9.17) is 0 Å². The maximum Gasteiger partial charge on any atom is 0.269 e. The third kappa shape index (κ3) is 3.86. The first-order valence-electron chi connectivity index (χ1n) is 8.99. The molecule has 0 aliphatic carbocycles. The van der Waals surface area contributed by atoms with Gasteiger partial charge in [0, 0.05) is 38.6 Å². The normalized spacial score (nSPS) is 16.1. The number of rotatable bonds is 3. The van der Waals surface area contributed by atoms with Gasteiger partial charge in [0.25, 0.3) is 5.91 Å². The molecular formula is C20H28N4O. The Labute approximate surface area is 150 Å². The van der Waals surface area contributed by atoms with Crippen molar-refractivity contribution in [1.29, 1.82) is 0 Å². The predicted octanol–water partition coefficient (Wildman–Crippen LogP) is 3.38. The van der Waals surface area contributed by atoms with Crippen LogP contribution >= 0.6 is 0 Å². The van der Waals surface area contributed by atoms with Gasteiger partial charge >= 0.3 is 0 Å². The zero-order chi connectivity index (χ0) is 18.0. The molecule has 5 nitrogen and oxygen atoms in total. The molecule has 134 valence electrons. The lowest BCUT2D eigenvalue weighted by molar-refractivity contribution is 0.0958. The lowest BCUT2D eigenvalue weighted by atomic mass is 9.89. The number of carbonyl (C=O) groups is 1. The van der Waals surface area contributed by atoms with Gasteiger partial charge < -0.3 is 14.8 Å². The summed E-state index contributed by atoms with van der Waals surface area (Å²) in [5, 5.41) is 2.60. The maximum absolute atomic E-state index is 11.6. The number of nitrogens with zero attached hydrogens (tertiary/aromatic N) is 3. The van der Waals surface area contributed by atoms with Crippen molar-refractivity contribution in [1.82, 2.24) is 14.9 Å². The van der Waals surface area contributed by atoms with Gasteiger partial charge in [0.1, 0.15) is 5.69 Å². The number of amides is 1. The fourth-order valence-corrected chi connectivity index (χ4v) is 3.34. The first kappa shape index (κ1) is 17.5. The van der Waals surface area contributed by atoms with E-state index < -0.39 is 0 Å². The lowest BCUT2D eigenvalue weighted by Gasteiger charge is -2.34. The fourth-order valence-electron chi connectivity index (χ4n) is 3.34. The zero-order valence-corrected chi connectivity index (χ0v) is 15.6. The smallest absolute Gasteiger partial charge is 0.269 e. The summed E-state index contributed by atoms with van der Waals surface area (Å²) in [7, 11) is 1.62. The van der Waals surface area contributed by atoms with Crippen molar-refractivity contribution in [3.63, 3.8) is 0 Å². The van der Waals surface area contributed by atoms with Gasteiger partial charge in [0.2, 0.25) is 0 Å². The van der Waals surface area contributed by atoms with E-state index in [-0.39, 0.29) is 11.3 Å². The van der Waals surface area contributed by atoms with E-state index in [1.54, 1.807) is 19.3 Å². The van der Waals surface area contributed by atoms with Gasteiger partial charge in [-0.15, -0.1) is 0 Å². The van der Waals surface area contributed by atoms with Gasteiger partial charge in [-0.3, -0.25) is 4.79 Å². The van der Waals surface area contributed by atoms with E-state index in [0.717, 1.165) is 31.6 Å². The molecule has 0 spiro atoms. The van der Waals surface area contributed by atoms with Crippen LogP contribution in [0.15, 0.2) is 36.8 Å². The Bertz CT molecular complexity index is 719. The number of nitrogens with one attached hydrogen (secondary N) is 1. The summed E-state index contributed by atoms with van der Waals surface area (Å²) in [5.41, 5.74) is 3.14. The quantitative estimate of drug-likeness (QED) is 0.932. The minimum absolute atomic E-state index is 0.146. The summed E-state index contributed by atoms with van der Waals surface area (Å²) < 4.78 is 2.38. The van der Waals surface area contributed by atoms with Crippen LogP contribution in [0.4, 0.5) is 5.69 Å². The highest BCUT2D eigenvalue weighted by atomic mass is 16.1. The van der Waals surface area contributed by atoms with Gasteiger partial charge in [0.15, 0.2) is 0 Å². The molecule has 0 radical (unpaired) electrons. The third-order valence-electron chi connectivity index (χ3n) is 5.04. The fraction of sp³-hybridized carbons (Fsp3) is 0.500. The SMILES string of the molecule is CNC(=O)c1ccc(N2CCC(n3ccc(C(C)(C)C)c3)CC2)cn1. The predicted molar refractivity (Wildman–Crippen MR) is 101 cm³/mol. The van der Waals surface area contributed by atoms with E-state index in [1.807, 2.05) is 6.07 Å². The van der Waals surface area contributed by atoms with Crippen molar-refractivity contribution in [3.05, 3.63) is 48.0 Å². The second-order valence-corrected chi connectivity index (χ2v) is 7.80. The first-order valence-corrected chi connectivity index (χ1v) is 8.99.